The number of aliphatic imine (C=N–C) groups is 1. The van der Waals surface area contributed by atoms with Crippen LogP contribution >= 0.6 is 24.0 Å². The number of guanidine groups is 1. The maximum absolute atomic E-state index is 11.8. The predicted octanol–water partition coefficient (Wildman–Crippen LogP) is 0.881. The highest BCUT2D eigenvalue weighted by Gasteiger charge is 2.04. The van der Waals surface area contributed by atoms with Crippen molar-refractivity contribution < 1.29 is 4.79 Å². The molecule has 2 aromatic heterocycles. The normalized spacial score (nSPS) is 10.7. The summed E-state index contributed by atoms with van der Waals surface area (Å²) in [6.45, 7) is 2.74. The van der Waals surface area contributed by atoms with Gasteiger partial charge >= 0.3 is 0 Å². The number of pyridine rings is 1. The Balaban J connectivity index is 0.00000312. The molecule has 3 N–H and O–H groups in total. The van der Waals surface area contributed by atoms with Gasteiger partial charge in [0.1, 0.15) is 0 Å². The first-order valence-electron chi connectivity index (χ1n) is 7.90. The summed E-state index contributed by atoms with van der Waals surface area (Å²) in [5, 5.41) is 13.4. The van der Waals surface area contributed by atoms with Crippen molar-refractivity contribution in [2.45, 2.75) is 13.0 Å². The summed E-state index contributed by atoms with van der Waals surface area (Å²) in [4.78, 5) is 19.9. The molecular weight excluding hydrogens is 433 g/mol. The van der Waals surface area contributed by atoms with Crippen molar-refractivity contribution in [3.63, 3.8) is 0 Å². The van der Waals surface area contributed by atoms with Crippen LogP contribution < -0.4 is 16.0 Å². The van der Waals surface area contributed by atoms with Gasteiger partial charge < -0.3 is 16.0 Å². The van der Waals surface area contributed by atoms with E-state index in [9.17, 15) is 4.79 Å². The van der Waals surface area contributed by atoms with Crippen LogP contribution in [0.5, 0.6) is 0 Å². The Hall–Kier alpha value is -2.17. The number of nitrogens with one attached hydrogen (secondary N) is 3. The van der Waals surface area contributed by atoms with Crippen LogP contribution in [0.15, 0.2) is 48.0 Å². The molecule has 2 rings (SSSR count). The van der Waals surface area contributed by atoms with Gasteiger partial charge in [-0.05, 0) is 24.6 Å². The first-order chi connectivity index (χ1) is 11.8. The van der Waals surface area contributed by atoms with Crippen LogP contribution in [0, 0.1) is 0 Å². The van der Waals surface area contributed by atoms with Gasteiger partial charge in [0.25, 0.3) is 5.91 Å². The fourth-order valence-corrected chi connectivity index (χ4v) is 2.06. The monoisotopic (exact) mass is 457 g/mol. The van der Waals surface area contributed by atoms with Crippen LogP contribution in [0.1, 0.15) is 16.8 Å². The minimum Gasteiger partial charge on any atom is -0.356 e. The SMILES string of the molecule is CN=C(NCCCn1cccn1)NCCNC(=O)c1cccnc1.I. The van der Waals surface area contributed by atoms with Gasteiger partial charge in [-0.3, -0.25) is 19.5 Å². The Bertz CT molecular complexity index is 631. The summed E-state index contributed by atoms with van der Waals surface area (Å²) in [6, 6.07) is 5.38. The molecule has 0 aliphatic rings. The molecule has 0 saturated carbocycles. The van der Waals surface area contributed by atoms with Gasteiger partial charge in [0.2, 0.25) is 0 Å². The number of amides is 1. The minimum absolute atomic E-state index is 0. The molecule has 0 radical (unpaired) electrons. The van der Waals surface area contributed by atoms with E-state index in [1.54, 1.807) is 37.8 Å². The van der Waals surface area contributed by atoms with Crippen molar-refractivity contribution in [2.75, 3.05) is 26.7 Å². The molecule has 1 amide bonds. The second kappa shape index (κ2) is 12.2. The van der Waals surface area contributed by atoms with Gasteiger partial charge in [-0.15, -0.1) is 24.0 Å². The summed E-state index contributed by atoms with van der Waals surface area (Å²) < 4.78 is 1.89. The standard InChI is InChI=1S/C16H23N7O.HI/c1-17-16(20-7-3-11-23-12-4-8-22-23)21-10-9-19-15(24)14-5-2-6-18-13-14;/h2,4-6,8,12-13H,3,7,9-11H2,1H3,(H,19,24)(H2,17,20,21);1H. The highest BCUT2D eigenvalue weighted by atomic mass is 127. The Morgan fingerprint density at radius 3 is 2.64 bits per heavy atom. The summed E-state index contributed by atoms with van der Waals surface area (Å²) in [6.07, 6.45) is 7.84. The zero-order chi connectivity index (χ0) is 17.0. The average molecular weight is 457 g/mol. The molecule has 0 unspecified atom stereocenters. The van der Waals surface area contributed by atoms with E-state index in [1.165, 1.54) is 0 Å². The average Bonchev–Trinajstić information content (AvgIpc) is 3.14. The van der Waals surface area contributed by atoms with Crippen LogP contribution in [-0.2, 0) is 6.54 Å². The smallest absolute Gasteiger partial charge is 0.252 e. The maximum atomic E-state index is 11.8. The zero-order valence-electron chi connectivity index (χ0n) is 14.2. The molecule has 0 atom stereocenters. The third-order valence-electron chi connectivity index (χ3n) is 3.27. The van der Waals surface area contributed by atoms with E-state index in [0.717, 1.165) is 19.5 Å². The number of nitrogens with zero attached hydrogens (tertiary/aromatic N) is 4. The van der Waals surface area contributed by atoms with Gasteiger partial charge in [-0.1, -0.05) is 0 Å². The molecule has 2 heterocycles. The molecule has 0 aliphatic heterocycles. The van der Waals surface area contributed by atoms with Crippen LogP contribution in [0.25, 0.3) is 0 Å². The highest BCUT2D eigenvalue weighted by molar-refractivity contribution is 14.0. The Morgan fingerprint density at radius 2 is 1.96 bits per heavy atom. The van der Waals surface area contributed by atoms with E-state index in [2.05, 4.69) is 31.0 Å². The van der Waals surface area contributed by atoms with Crippen LogP contribution in [0.2, 0.25) is 0 Å². The van der Waals surface area contributed by atoms with Crippen LogP contribution in [0.4, 0.5) is 0 Å². The number of carbonyl (C=O) groups is 1. The molecule has 0 fully saturated rings. The molecule has 0 spiro atoms. The molecule has 0 saturated heterocycles. The lowest BCUT2D eigenvalue weighted by atomic mass is 10.3. The zero-order valence-corrected chi connectivity index (χ0v) is 16.5. The lowest BCUT2D eigenvalue weighted by molar-refractivity contribution is 0.0954. The topological polar surface area (TPSA) is 96.2 Å². The number of hydrogen-bond donors (Lipinski definition) is 3. The fourth-order valence-electron chi connectivity index (χ4n) is 2.06. The first-order valence-corrected chi connectivity index (χ1v) is 7.90. The molecule has 25 heavy (non-hydrogen) atoms. The van der Waals surface area contributed by atoms with E-state index in [1.807, 2.05) is 16.9 Å². The third-order valence-corrected chi connectivity index (χ3v) is 3.27. The number of aromatic nitrogens is 3. The molecular formula is C16H24IN7O. The third kappa shape index (κ3) is 7.96. The van der Waals surface area contributed by atoms with Crippen molar-refractivity contribution in [3.05, 3.63) is 48.5 Å². The van der Waals surface area contributed by atoms with Gasteiger partial charge in [-0.25, -0.2) is 0 Å². The number of halogens is 1. The second-order valence-electron chi connectivity index (χ2n) is 5.05. The van der Waals surface area contributed by atoms with Gasteiger partial charge in [-0.2, -0.15) is 5.10 Å². The van der Waals surface area contributed by atoms with Gasteiger partial charge in [0, 0.05) is 58.0 Å². The molecule has 8 nitrogen and oxygen atoms in total. The summed E-state index contributed by atoms with van der Waals surface area (Å²) in [5.74, 6) is 0.582. The summed E-state index contributed by atoms with van der Waals surface area (Å²) >= 11 is 0. The van der Waals surface area contributed by atoms with Gasteiger partial charge in [0.15, 0.2) is 5.96 Å². The van der Waals surface area contributed by atoms with Crippen molar-refractivity contribution in [2.24, 2.45) is 4.99 Å². The second-order valence-corrected chi connectivity index (χ2v) is 5.05. The number of hydrogen-bond acceptors (Lipinski definition) is 4. The van der Waals surface area contributed by atoms with Crippen LogP contribution in [-0.4, -0.2) is 53.3 Å². The summed E-state index contributed by atoms with van der Waals surface area (Å²) in [7, 11) is 1.72. The number of rotatable bonds is 8. The maximum Gasteiger partial charge on any atom is 0.252 e. The van der Waals surface area contributed by atoms with Crippen molar-refractivity contribution in [1.82, 2.24) is 30.7 Å². The molecule has 2 aromatic rings. The van der Waals surface area contributed by atoms with Crippen LogP contribution in [0.3, 0.4) is 0 Å². The number of aryl methyl sites for hydroxylation is 1. The molecule has 0 aliphatic carbocycles. The molecule has 9 heteroatoms. The number of carbonyl (C=O) groups excluding carboxylic acids is 1. The van der Waals surface area contributed by atoms with Crippen molar-refractivity contribution >= 4 is 35.8 Å². The Morgan fingerprint density at radius 1 is 1.16 bits per heavy atom. The highest BCUT2D eigenvalue weighted by Crippen LogP contribution is 1.94. The quantitative estimate of drug-likeness (QED) is 0.237. The van der Waals surface area contributed by atoms with E-state index >= 15 is 0 Å². The lowest BCUT2D eigenvalue weighted by Gasteiger charge is -2.12. The lowest BCUT2D eigenvalue weighted by Crippen LogP contribution is -2.42. The van der Waals surface area contributed by atoms with Gasteiger partial charge in [0.05, 0.1) is 5.56 Å². The van der Waals surface area contributed by atoms with E-state index in [-0.39, 0.29) is 29.9 Å². The Kier molecular flexibility index (Phi) is 10.2. The largest absolute Gasteiger partial charge is 0.356 e. The fraction of sp³-hybridized carbons (Fsp3) is 0.375. The molecule has 0 aromatic carbocycles. The first kappa shape index (κ1) is 20.9. The Labute approximate surface area is 164 Å². The summed E-state index contributed by atoms with van der Waals surface area (Å²) in [5.41, 5.74) is 0.554. The van der Waals surface area contributed by atoms with Crippen molar-refractivity contribution in [3.8, 4) is 0 Å². The van der Waals surface area contributed by atoms with E-state index in [0.29, 0.717) is 24.6 Å². The van der Waals surface area contributed by atoms with Crippen molar-refractivity contribution in [1.29, 1.82) is 0 Å². The van der Waals surface area contributed by atoms with E-state index in [4.69, 9.17) is 0 Å². The van der Waals surface area contributed by atoms with E-state index < -0.39 is 0 Å². The predicted molar refractivity (Wildman–Crippen MR) is 108 cm³/mol. The molecule has 136 valence electrons. The molecule has 0 bridgehead atoms. The minimum atomic E-state index is -0.132.